The summed E-state index contributed by atoms with van der Waals surface area (Å²) in [5.74, 6) is -1.70. The van der Waals surface area contributed by atoms with E-state index in [1.807, 2.05) is 13.1 Å². The molecular weight excluding hydrogens is 384 g/mol. The van der Waals surface area contributed by atoms with Gasteiger partial charge in [0.1, 0.15) is 5.69 Å². The molecule has 1 amide bonds. The lowest BCUT2D eigenvalue weighted by Crippen LogP contribution is -2.45. The van der Waals surface area contributed by atoms with E-state index in [0.717, 1.165) is 3.57 Å². The summed E-state index contributed by atoms with van der Waals surface area (Å²) in [6.45, 7) is 2.70. The first-order chi connectivity index (χ1) is 9.32. The summed E-state index contributed by atoms with van der Waals surface area (Å²) in [5, 5.41) is 0. The molecule has 0 N–H and O–H groups in total. The Labute approximate surface area is 129 Å². The molecule has 1 saturated heterocycles. The average molecular weight is 400 g/mol. The Morgan fingerprint density at radius 3 is 2.80 bits per heavy atom. The van der Waals surface area contributed by atoms with Crippen molar-refractivity contribution >= 4 is 28.5 Å². The van der Waals surface area contributed by atoms with Crippen LogP contribution in [0.4, 0.5) is 13.2 Å². The fraction of sp³-hybridized carbons (Fsp3) is 0.615. The van der Waals surface area contributed by atoms with Crippen LogP contribution < -0.4 is 0 Å². The van der Waals surface area contributed by atoms with Crippen molar-refractivity contribution in [2.45, 2.75) is 32.5 Å². The van der Waals surface area contributed by atoms with Crippen molar-refractivity contribution < 1.29 is 18.0 Å². The highest BCUT2D eigenvalue weighted by atomic mass is 127. The zero-order chi connectivity index (χ0) is 14.9. The number of amides is 1. The molecular formula is C13H16F3IN2O. The second-order valence-corrected chi connectivity index (χ2v) is 6.21. The molecule has 1 fully saturated rings. The van der Waals surface area contributed by atoms with Crippen LogP contribution in [0.5, 0.6) is 0 Å². The molecule has 1 aliphatic rings. The zero-order valence-corrected chi connectivity index (χ0v) is 13.2. The Morgan fingerprint density at radius 1 is 1.50 bits per heavy atom. The maximum Gasteiger partial charge on any atom is 0.393 e. The van der Waals surface area contributed by atoms with Gasteiger partial charge in [0.2, 0.25) is 0 Å². The standard InChI is InChI=1S/C13H16F3IN2O/c1-2-18-8-10(17)6-11(18)12(20)19-5-3-4-9(7-19)13(14,15)16/h6,8-9H,2-5,7H2,1H3. The van der Waals surface area contributed by atoms with Crippen molar-refractivity contribution in [3.8, 4) is 0 Å². The monoisotopic (exact) mass is 400 g/mol. The minimum absolute atomic E-state index is 0.111. The van der Waals surface area contributed by atoms with Crippen molar-refractivity contribution in [2.24, 2.45) is 5.92 Å². The summed E-state index contributed by atoms with van der Waals surface area (Å²) in [5.41, 5.74) is 0.472. The van der Waals surface area contributed by atoms with Gasteiger partial charge >= 0.3 is 6.18 Å². The van der Waals surface area contributed by atoms with Crippen LogP contribution in [0.2, 0.25) is 0 Å². The molecule has 0 aliphatic carbocycles. The van der Waals surface area contributed by atoms with Crippen LogP contribution in [0.1, 0.15) is 30.3 Å². The second kappa shape index (κ2) is 5.95. The van der Waals surface area contributed by atoms with Gasteiger partial charge in [-0.2, -0.15) is 13.2 Å². The second-order valence-electron chi connectivity index (χ2n) is 4.96. The number of nitrogens with zero attached hydrogens (tertiary/aromatic N) is 2. The first kappa shape index (κ1) is 15.7. The number of hydrogen-bond acceptors (Lipinski definition) is 1. The smallest absolute Gasteiger partial charge is 0.343 e. The van der Waals surface area contributed by atoms with Gasteiger partial charge in [0, 0.05) is 29.4 Å². The summed E-state index contributed by atoms with van der Waals surface area (Å²) in [7, 11) is 0. The zero-order valence-electron chi connectivity index (χ0n) is 11.1. The van der Waals surface area contributed by atoms with E-state index in [-0.39, 0.29) is 18.9 Å². The molecule has 20 heavy (non-hydrogen) atoms. The molecule has 0 spiro atoms. The predicted octanol–water partition coefficient (Wildman–Crippen LogP) is 3.53. The van der Waals surface area contributed by atoms with Crippen LogP contribution in [-0.4, -0.2) is 34.6 Å². The van der Waals surface area contributed by atoms with Crippen LogP contribution in [0.3, 0.4) is 0 Å². The van der Waals surface area contributed by atoms with E-state index in [4.69, 9.17) is 0 Å². The Morgan fingerprint density at radius 2 is 2.20 bits per heavy atom. The molecule has 112 valence electrons. The van der Waals surface area contributed by atoms with Crippen molar-refractivity contribution in [1.82, 2.24) is 9.47 Å². The largest absolute Gasteiger partial charge is 0.393 e. The van der Waals surface area contributed by atoms with Crippen molar-refractivity contribution in [1.29, 1.82) is 0 Å². The van der Waals surface area contributed by atoms with Gasteiger partial charge in [-0.3, -0.25) is 4.79 Å². The fourth-order valence-corrected chi connectivity index (χ4v) is 3.14. The molecule has 0 saturated carbocycles. The number of aromatic nitrogens is 1. The van der Waals surface area contributed by atoms with Crippen LogP contribution >= 0.6 is 22.6 Å². The lowest BCUT2D eigenvalue weighted by Gasteiger charge is -2.33. The van der Waals surface area contributed by atoms with Crippen LogP contribution in [-0.2, 0) is 6.54 Å². The third-order valence-corrected chi connectivity index (χ3v) is 4.18. The number of aryl methyl sites for hydroxylation is 1. The molecule has 3 nitrogen and oxygen atoms in total. The summed E-state index contributed by atoms with van der Waals surface area (Å²) in [6.07, 6.45) is -1.88. The Kier molecular flexibility index (Phi) is 4.66. The van der Waals surface area contributed by atoms with Crippen molar-refractivity contribution in [2.75, 3.05) is 13.1 Å². The summed E-state index contributed by atoms with van der Waals surface area (Å²) in [6, 6.07) is 1.73. The number of likely N-dealkylation sites (tertiary alicyclic amines) is 1. The molecule has 0 bridgehead atoms. The molecule has 0 aromatic carbocycles. The van der Waals surface area contributed by atoms with Gasteiger partial charge in [-0.25, -0.2) is 0 Å². The number of hydrogen-bond donors (Lipinski definition) is 0. The van der Waals surface area contributed by atoms with E-state index < -0.39 is 12.1 Å². The number of rotatable bonds is 2. The third-order valence-electron chi connectivity index (χ3n) is 3.59. The van der Waals surface area contributed by atoms with Gasteiger partial charge in [0.25, 0.3) is 5.91 Å². The summed E-state index contributed by atoms with van der Waals surface area (Å²) in [4.78, 5) is 13.7. The molecule has 2 rings (SSSR count). The normalized spacial score (nSPS) is 20.2. The number of piperidine rings is 1. The van der Waals surface area contributed by atoms with Gasteiger partial charge in [0.05, 0.1) is 5.92 Å². The van der Waals surface area contributed by atoms with E-state index in [0.29, 0.717) is 25.2 Å². The predicted molar refractivity (Wildman–Crippen MR) is 77.5 cm³/mol. The quantitative estimate of drug-likeness (QED) is 0.698. The fourth-order valence-electron chi connectivity index (χ4n) is 2.51. The molecule has 1 atom stereocenters. The SMILES string of the molecule is CCn1cc(I)cc1C(=O)N1CCCC(C(F)(F)F)C1. The summed E-state index contributed by atoms with van der Waals surface area (Å²) < 4.78 is 41.1. The lowest BCUT2D eigenvalue weighted by atomic mass is 9.97. The first-order valence-corrected chi connectivity index (χ1v) is 7.62. The third kappa shape index (κ3) is 3.29. The number of carbonyl (C=O) groups excluding carboxylic acids is 1. The van der Waals surface area contributed by atoms with Crippen LogP contribution in [0.25, 0.3) is 0 Å². The van der Waals surface area contributed by atoms with Gasteiger partial charge in [-0.1, -0.05) is 0 Å². The highest BCUT2D eigenvalue weighted by Gasteiger charge is 2.43. The van der Waals surface area contributed by atoms with Gasteiger partial charge < -0.3 is 9.47 Å². The van der Waals surface area contributed by atoms with E-state index >= 15 is 0 Å². The number of halogens is 4. The van der Waals surface area contributed by atoms with Crippen LogP contribution in [0.15, 0.2) is 12.3 Å². The topological polar surface area (TPSA) is 25.2 Å². The number of carbonyl (C=O) groups is 1. The molecule has 1 aromatic heterocycles. The molecule has 0 radical (unpaired) electrons. The minimum Gasteiger partial charge on any atom is -0.343 e. The minimum atomic E-state index is -4.22. The van der Waals surface area contributed by atoms with Crippen molar-refractivity contribution in [3.05, 3.63) is 21.5 Å². The Hall–Kier alpha value is -0.730. The maximum atomic E-state index is 12.8. The van der Waals surface area contributed by atoms with E-state index in [9.17, 15) is 18.0 Å². The average Bonchev–Trinajstić information content (AvgIpc) is 2.78. The van der Waals surface area contributed by atoms with E-state index in [1.54, 1.807) is 10.6 Å². The molecule has 1 unspecified atom stereocenters. The van der Waals surface area contributed by atoms with E-state index in [1.165, 1.54) is 4.90 Å². The highest BCUT2D eigenvalue weighted by molar-refractivity contribution is 14.1. The first-order valence-electron chi connectivity index (χ1n) is 6.54. The Balaban J connectivity index is 2.16. The molecule has 2 heterocycles. The highest BCUT2D eigenvalue weighted by Crippen LogP contribution is 2.33. The van der Waals surface area contributed by atoms with Gasteiger partial charge in [0.15, 0.2) is 0 Å². The number of alkyl halides is 3. The van der Waals surface area contributed by atoms with Gasteiger partial charge in [-0.15, -0.1) is 0 Å². The Bertz CT molecular complexity index is 498. The van der Waals surface area contributed by atoms with Crippen LogP contribution in [0, 0.1) is 9.49 Å². The van der Waals surface area contributed by atoms with Crippen molar-refractivity contribution in [3.63, 3.8) is 0 Å². The van der Waals surface area contributed by atoms with Gasteiger partial charge in [-0.05, 0) is 48.4 Å². The molecule has 1 aromatic rings. The molecule has 7 heteroatoms. The lowest BCUT2D eigenvalue weighted by molar-refractivity contribution is -0.184. The summed E-state index contributed by atoms with van der Waals surface area (Å²) >= 11 is 2.10. The molecule has 1 aliphatic heterocycles. The van der Waals surface area contributed by atoms with E-state index in [2.05, 4.69) is 22.6 Å². The maximum absolute atomic E-state index is 12.8.